The molecule has 6 heteroatoms. The van der Waals surface area contributed by atoms with E-state index in [2.05, 4.69) is 31.8 Å². The monoisotopic (exact) mass is 411 g/mol. The molecule has 2 heterocycles. The summed E-state index contributed by atoms with van der Waals surface area (Å²) in [6.45, 7) is 6.49. The molecule has 1 aromatic heterocycles. The normalized spacial score (nSPS) is 16.2. The van der Waals surface area contributed by atoms with Crippen LogP contribution >= 0.6 is 23.4 Å². The van der Waals surface area contributed by atoms with Crippen molar-refractivity contribution >= 4 is 34.7 Å². The first-order valence-electron chi connectivity index (χ1n) is 9.08. The molecular weight excluding hydrogens is 390 g/mol. The maximum atomic E-state index is 6.51. The van der Waals surface area contributed by atoms with Gasteiger partial charge in [-0.2, -0.15) is 0 Å². The number of para-hydroxylation sites is 2. The third-order valence-electron chi connectivity index (χ3n) is 4.61. The van der Waals surface area contributed by atoms with E-state index in [4.69, 9.17) is 22.1 Å². The van der Waals surface area contributed by atoms with Crippen molar-refractivity contribution in [3.63, 3.8) is 0 Å². The molecule has 1 aliphatic heterocycles. The summed E-state index contributed by atoms with van der Waals surface area (Å²) >= 11 is 8.07. The molecule has 0 aliphatic carbocycles. The van der Waals surface area contributed by atoms with Crippen molar-refractivity contribution in [2.24, 2.45) is 5.73 Å². The first-order valence-corrected chi connectivity index (χ1v) is 10.3. The Hall–Kier alpha value is -2.21. The van der Waals surface area contributed by atoms with Gasteiger partial charge in [0, 0.05) is 16.7 Å². The predicted octanol–water partition coefficient (Wildman–Crippen LogP) is 6.31. The van der Waals surface area contributed by atoms with Crippen molar-refractivity contribution in [1.29, 1.82) is 0 Å². The summed E-state index contributed by atoms with van der Waals surface area (Å²) in [5.74, 6) is 1.29. The highest BCUT2D eigenvalue weighted by Crippen LogP contribution is 2.51. The maximum absolute atomic E-state index is 6.51. The minimum atomic E-state index is -0.306. The number of nitrogens with two attached hydrogens (primary N) is 1. The van der Waals surface area contributed by atoms with Crippen LogP contribution in [0.2, 0.25) is 5.02 Å². The van der Waals surface area contributed by atoms with E-state index in [0.29, 0.717) is 10.9 Å². The highest BCUT2D eigenvalue weighted by Gasteiger charge is 2.33. The zero-order chi connectivity index (χ0) is 19.9. The fourth-order valence-corrected chi connectivity index (χ4v) is 4.70. The Morgan fingerprint density at radius 1 is 1.07 bits per heavy atom. The molecule has 0 spiro atoms. The average molecular weight is 412 g/mol. The number of pyridine rings is 1. The van der Waals surface area contributed by atoms with Crippen molar-refractivity contribution in [3.05, 3.63) is 71.4 Å². The number of hydrogen-bond acceptors (Lipinski definition) is 5. The largest absolute Gasteiger partial charge is 0.437 e. The van der Waals surface area contributed by atoms with Crippen LogP contribution in [0.5, 0.6) is 11.6 Å². The lowest BCUT2D eigenvalue weighted by Gasteiger charge is -2.27. The van der Waals surface area contributed by atoms with Gasteiger partial charge in [-0.05, 0) is 35.7 Å². The number of benzene rings is 2. The molecule has 3 aromatic rings. The van der Waals surface area contributed by atoms with E-state index in [1.54, 1.807) is 18.0 Å². The molecular formula is C22H22ClN3OS. The lowest BCUT2D eigenvalue weighted by atomic mass is 9.86. The smallest absolute Gasteiger partial charge is 0.243 e. The van der Waals surface area contributed by atoms with Crippen LogP contribution in [0.25, 0.3) is 0 Å². The van der Waals surface area contributed by atoms with Crippen LogP contribution < -0.4 is 15.4 Å². The van der Waals surface area contributed by atoms with Crippen LogP contribution in [-0.4, -0.2) is 10.5 Å². The highest BCUT2D eigenvalue weighted by molar-refractivity contribution is 8.00. The Labute approximate surface area is 174 Å². The van der Waals surface area contributed by atoms with Crippen LogP contribution in [0, 0.1) is 0 Å². The zero-order valence-corrected chi connectivity index (χ0v) is 17.6. The second-order valence-electron chi connectivity index (χ2n) is 7.64. The van der Waals surface area contributed by atoms with Crippen molar-refractivity contribution in [3.8, 4) is 11.6 Å². The van der Waals surface area contributed by atoms with Gasteiger partial charge in [-0.3, -0.25) is 0 Å². The molecule has 1 aliphatic rings. The quantitative estimate of drug-likeness (QED) is 0.547. The average Bonchev–Trinajstić information content (AvgIpc) is 2.99. The lowest BCUT2D eigenvalue weighted by molar-refractivity contribution is 0.440. The molecule has 0 saturated carbocycles. The highest BCUT2D eigenvalue weighted by atomic mass is 35.5. The molecule has 1 atom stereocenters. The number of rotatable bonds is 3. The summed E-state index contributed by atoms with van der Waals surface area (Å²) in [5, 5.41) is 0.655. The number of ether oxygens (including phenoxy) is 1. The number of nitrogens with zero attached hydrogens (tertiary/aromatic N) is 2. The number of fused-ring (bicyclic) bond motifs is 1. The molecule has 0 fully saturated rings. The summed E-state index contributed by atoms with van der Waals surface area (Å²) in [5.41, 5.74) is 8.88. The third kappa shape index (κ3) is 3.46. The van der Waals surface area contributed by atoms with Crippen LogP contribution in [-0.2, 0) is 5.41 Å². The Morgan fingerprint density at radius 3 is 2.64 bits per heavy atom. The number of hydrogen-bond donors (Lipinski definition) is 1. The van der Waals surface area contributed by atoms with Crippen LogP contribution in [0.1, 0.15) is 26.3 Å². The molecule has 28 heavy (non-hydrogen) atoms. The minimum absolute atomic E-state index is 0.0542. The topological polar surface area (TPSA) is 51.4 Å². The Morgan fingerprint density at radius 2 is 1.86 bits per heavy atom. The van der Waals surface area contributed by atoms with E-state index in [-0.39, 0.29) is 10.9 Å². The van der Waals surface area contributed by atoms with Crippen molar-refractivity contribution < 1.29 is 4.74 Å². The molecule has 0 bridgehead atoms. The van der Waals surface area contributed by atoms with E-state index < -0.39 is 0 Å². The van der Waals surface area contributed by atoms with Gasteiger partial charge in [-0.1, -0.05) is 68.4 Å². The van der Waals surface area contributed by atoms with Crippen LogP contribution in [0.4, 0.5) is 11.4 Å². The van der Waals surface area contributed by atoms with Gasteiger partial charge >= 0.3 is 0 Å². The molecule has 4 rings (SSSR count). The number of thioether (sulfide) groups is 1. The van der Waals surface area contributed by atoms with Gasteiger partial charge in [0.2, 0.25) is 5.88 Å². The molecule has 4 nitrogen and oxygen atoms in total. The SMILES string of the molecule is CC(C)(C)c1ccccc1Oc1ncccc1N1c2c(Cl)cccc2SC1N. The van der Waals surface area contributed by atoms with Crippen LogP contribution in [0.15, 0.2) is 65.7 Å². The molecule has 2 N–H and O–H groups in total. The van der Waals surface area contributed by atoms with Gasteiger partial charge in [-0.25, -0.2) is 4.98 Å². The fourth-order valence-electron chi connectivity index (χ4n) is 3.32. The lowest BCUT2D eigenvalue weighted by Crippen LogP contribution is -2.32. The van der Waals surface area contributed by atoms with E-state index in [9.17, 15) is 0 Å². The Bertz CT molecular complexity index is 1020. The van der Waals surface area contributed by atoms with Gasteiger partial charge in [0.15, 0.2) is 0 Å². The van der Waals surface area contributed by atoms with Gasteiger partial charge in [-0.15, -0.1) is 0 Å². The first kappa shape index (κ1) is 19.1. The summed E-state index contributed by atoms with van der Waals surface area (Å²) in [7, 11) is 0. The van der Waals surface area contributed by atoms with Crippen molar-refractivity contribution in [2.75, 3.05) is 4.90 Å². The van der Waals surface area contributed by atoms with Gasteiger partial charge in [0.25, 0.3) is 0 Å². The molecule has 0 radical (unpaired) electrons. The molecule has 0 amide bonds. The van der Waals surface area contributed by atoms with E-state index in [1.165, 1.54) is 0 Å². The Balaban J connectivity index is 1.79. The second-order valence-corrected chi connectivity index (χ2v) is 9.21. The molecule has 144 valence electrons. The number of halogens is 1. The maximum Gasteiger partial charge on any atom is 0.243 e. The molecule has 2 aromatic carbocycles. The summed E-state index contributed by atoms with van der Waals surface area (Å²) in [4.78, 5) is 7.54. The first-order chi connectivity index (χ1) is 13.4. The molecule has 1 unspecified atom stereocenters. The summed E-state index contributed by atoms with van der Waals surface area (Å²) in [6.07, 6.45) is 1.72. The fraction of sp³-hybridized carbons (Fsp3) is 0.227. The third-order valence-corrected chi connectivity index (χ3v) is 5.95. The number of aromatic nitrogens is 1. The van der Waals surface area contributed by atoms with Crippen molar-refractivity contribution in [2.45, 2.75) is 36.6 Å². The molecule has 0 saturated heterocycles. The van der Waals surface area contributed by atoms with E-state index in [0.717, 1.165) is 27.6 Å². The van der Waals surface area contributed by atoms with Crippen molar-refractivity contribution in [1.82, 2.24) is 4.98 Å². The summed E-state index contributed by atoms with van der Waals surface area (Å²) in [6, 6.07) is 17.7. The van der Waals surface area contributed by atoms with E-state index in [1.807, 2.05) is 53.4 Å². The zero-order valence-electron chi connectivity index (χ0n) is 16.0. The van der Waals surface area contributed by atoms with Gasteiger partial charge < -0.3 is 15.4 Å². The van der Waals surface area contributed by atoms with Gasteiger partial charge in [0.05, 0.1) is 10.7 Å². The minimum Gasteiger partial charge on any atom is -0.437 e. The predicted molar refractivity (Wildman–Crippen MR) is 117 cm³/mol. The standard InChI is InChI=1S/C22H22ClN3OS/c1-22(2,3)14-8-4-5-11-17(14)27-20-16(10-7-13-25-20)26-19-15(23)9-6-12-18(19)28-21(26)24/h4-13,21H,24H2,1-3H3. The van der Waals surface area contributed by atoms with Crippen LogP contribution in [0.3, 0.4) is 0 Å². The van der Waals surface area contributed by atoms with Gasteiger partial charge in [0.1, 0.15) is 16.9 Å². The van der Waals surface area contributed by atoms with E-state index >= 15 is 0 Å². The second kappa shape index (κ2) is 7.32. The summed E-state index contributed by atoms with van der Waals surface area (Å²) < 4.78 is 6.32. The Kier molecular flexibility index (Phi) is 5.00. The number of anilines is 2.